The summed E-state index contributed by atoms with van der Waals surface area (Å²) in [5.41, 5.74) is 1.67. The summed E-state index contributed by atoms with van der Waals surface area (Å²) in [6.07, 6.45) is 0. The van der Waals surface area contributed by atoms with E-state index in [1.807, 2.05) is 23.9 Å². The van der Waals surface area contributed by atoms with Gasteiger partial charge in [0.15, 0.2) is 0 Å². The van der Waals surface area contributed by atoms with Crippen molar-refractivity contribution in [3.05, 3.63) is 28.8 Å². The first-order valence-corrected chi connectivity index (χ1v) is 6.69. The fourth-order valence-electron chi connectivity index (χ4n) is 1.87. The predicted octanol–water partition coefficient (Wildman–Crippen LogP) is 3.15. The van der Waals surface area contributed by atoms with E-state index >= 15 is 0 Å². The van der Waals surface area contributed by atoms with Crippen molar-refractivity contribution in [1.82, 2.24) is 0 Å². The Morgan fingerprint density at radius 1 is 1.56 bits per heavy atom. The molecule has 16 heavy (non-hydrogen) atoms. The lowest BCUT2D eigenvalue weighted by Crippen LogP contribution is -2.36. The molecule has 0 amide bonds. The van der Waals surface area contributed by atoms with Gasteiger partial charge in [-0.1, -0.05) is 18.5 Å². The Morgan fingerprint density at radius 3 is 3.00 bits per heavy atom. The maximum atomic E-state index is 8.78. The van der Waals surface area contributed by atoms with Gasteiger partial charge in [0, 0.05) is 24.1 Å². The van der Waals surface area contributed by atoms with E-state index in [4.69, 9.17) is 16.9 Å². The van der Waals surface area contributed by atoms with Gasteiger partial charge in [0.2, 0.25) is 0 Å². The first-order valence-electron chi connectivity index (χ1n) is 5.27. The van der Waals surface area contributed by atoms with E-state index in [0.29, 0.717) is 15.8 Å². The van der Waals surface area contributed by atoms with E-state index in [1.54, 1.807) is 6.07 Å². The van der Waals surface area contributed by atoms with Crippen LogP contribution in [-0.2, 0) is 0 Å². The minimum atomic E-state index is 0.619. The highest BCUT2D eigenvalue weighted by Crippen LogP contribution is 2.30. The zero-order chi connectivity index (χ0) is 11.5. The van der Waals surface area contributed by atoms with Crippen LogP contribution in [0.1, 0.15) is 12.5 Å². The Hall–Kier alpha value is -0.850. The summed E-state index contributed by atoms with van der Waals surface area (Å²) in [5, 5.41) is 10.1. The van der Waals surface area contributed by atoms with Crippen LogP contribution in [0.4, 0.5) is 5.69 Å². The maximum Gasteiger partial charge on any atom is 0.0992 e. The predicted molar refractivity (Wildman–Crippen MR) is 70.3 cm³/mol. The molecule has 2 nitrogen and oxygen atoms in total. The van der Waals surface area contributed by atoms with Crippen molar-refractivity contribution in [2.24, 2.45) is 0 Å². The van der Waals surface area contributed by atoms with Crippen LogP contribution in [0.3, 0.4) is 0 Å². The van der Waals surface area contributed by atoms with Crippen molar-refractivity contribution in [2.75, 3.05) is 23.7 Å². The third-order valence-corrected chi connectivity index (χ3v) is 4.10. The number of rotatable bonds is 1. The summed E-state index contributed by atoms with van der Waals surface area (Å²) in [5.74, 6) is 1.14. The molecule has 1 unspecified atom stereocenters. The van der Waals surface area contributed by atoms with Gasteiger partial charge in [0.1, 0.15) is 0 Å². The van der Waals surface area contributed by atoms with Crippen molar-refractivity contribution in [1.29, 1.82) is 5.26 Å². The van der Waals surface area contributed by atoms with Gasteiger partial charge in [-0.3, -0.25) is 0 Å². The molecule has 0 aromatic heterocycles. The van der Waals surface area contributed by atoms with Gasteiger partial charge >= 0.3 is 0 Å². The quantitative estimate of drug-likeness (QED) is 0.768. The SMILES string of the molecule is CC1CN(c2ccc(C#N)cc2Cl)CCS1. The third-order valence-electron chi connectivity index (χ3n) is 2.66. The molecule has 1 fully saturated rings. The van der Waals surface area contributed by atoms with Crippen LogP contribution in [-0.4, -0.2) is 24.1 Å². The van der Waals surface area contributed by atoms with Gasteiger partial charge in [-0.05, 0) is 18.2 Å². The molecule has 1 aliphatic heterocycles. The van der Waals surface area contributed by atoms with Crippen LogP contribution in [0.5, 0.6) is 0 Å². The molecule has 0 radical (unpaired) electrons. The van der Waals surface area contributed by atoms with Crippen molar-refractivity contribution in [3.63, 3.8) is 0 Å². The van der Waals surface area contributed by atoms with E-state index in [2.05, 4.69) is 17.9 Å². The van der Waals surface area contributed by atoms with Gasteiger partial charge < -0.3 is 4.90 Å². The van der Waals surface area contributed by atoms with E-state index in [-0.39, 0.29) is 0 Å². The van der Waals surface area contributed by atoms with E-state index < -0.39 is 0 Å². The fraction of sp³-hybridized carbons (Fsp3) is 0.417. The normalized spacial score (nSPS) is 20.6. The Bertz CT molecular complexity index is 428. The molecule has 4 heteroatoms. The number of hydrogen-bond donors (Lipinski definition) is 0. The van der Waals surface area contributed by atoms with Gasteiger partial charge in [0.05, 0.1) is 22.3 Å². The zero-order valence-corrected chi connectivity index (χ0v) is 10.7. The molecule has 1 atom stereocenters. The lowest BCUT2D eigenvalue weighted by molar-refractivity contribution is 0.783. The van der Waals surface area contributed by atoms with E-state index in [1.165, 1.54) is 0 Å². The Labute approximate surface area is 105 Å². The summed E-state index contributed by atoms with van der Waals surface area (Å²) >= 11 is 8.18. The molecular weight excluding hydrogens is 240 g/mol. The zero-order valence-electron chi connectivity index (χ0n) is 9.11. The Kier molecular flexibility index (Phi) is 3.63. The largest absolute Gasteiger partial charge is 0.368 e. The second kappa shape index (κ2) is 4.99. The fourth-order valence-corrected chi connectivity index (χ4v) is 3.18. The van der Waals surface area contributed by atoms with Gasteiger partial charge in [-0.25, -0.2) is 0 Å². The van der Waals surface area contributed by atoms with Gasteiger partial charge in [-0.2, -0.15) is 17.0 Å². The topological polar surface area (TPSA) is 27.0 Å². The smallest absolute Gasteiger partial charge is 0.0992 e. The molecule has 84 valence electrons. The summed E-state index contributed by atoms with van der Waals surface area (Å²) < 4.78 is 0. The molecule has 0 spiro atoms. The van der Waals surface area contributed by atoms with Crippen LogP contribution in [0.25, 0.3) is 0 Å². The molecule has 0 N–H and O–H groups in total. The lowest BCUT2D eigenvalue weighted by atomic mass is 10.2. The minimum Gasteiger partial charge on any atom is -0.368 e. The number of hydrogen-bond acceptors (Lipinski definition) is 3. The maximum absolute atomic E-state index is 8.78. The first-order chi connectivity index (χ1) is 7.70. The summed E-state index contributed by atoms with van der Waals surface area (Å²) in [6.45, 7) is 4.28. The average molecular weight is 253 g/mol. The Morgan fingerprint density at radius 2 is 2.38 bits per heavy atom. The van der Waals surface area contributed by atoms with Crippen LogP contribution in [0.15, 0.2) is 18.2 Å². The average Bonchev–Trinajstić information content (AvgIpc) is 2.28. The van der Waals surface area contributed by atoms with Crippen LogP contribution >= 0.6 is 23.4 Å². The highest BCUT2D eigenvalue weighted by molar-refractivity contribution is 8.00. The Balaban J connectivity index is 2.23. The first kappa shape index (κ1) is 11.6. The molecule has 1 saturated heterocycles. The lowest BCUT2D eigenvalue weighted by Gasteiger charge is -2.33. The van der Waals surface area contributed by atoms with Gasteiger partial charge in [-0.15, -0.1) is 0 Å². The van der Waals surface area contributed by atoms with E-state index in [9.17, 15) is 0 Å². The van der Waals surface area contributed by atoms with Crippen molar-refractivity contribution in [3.8, 4) is 6.07 Å². The van der Waals surface area contributed by atoms with Crippen molar-refractivity contribution >= 4 is 29.1 Å². The van der Waals surface area contributed by atoms with Crippen molar-refractivity contribution in [2.45, 2.75) is 12.2 Å². The van der Waals surface area contributed by atoms with Crippen LogP contribution in [0, 0.1) is 11.3 Å². The number of anilines is 1. The number of halogens is 1. The molecule has 1 aromatic carbocycles. The van der Waals surface area contributed by atoms with Crippen LogP contribution < -0.4 is 4.90 Å². The minimum absolute atomic E-state index is 0.619. The summed E-state index contributed by atoms with van der Waals surface area (Å²) in [4.78, 5) is 2.30. The summed E-state index contributed by atoms with van der Waals surface area (Å²) in [6, 6.07) is 7.61. The second-order valence-corrected chi connectivity index (χ2v) is 5.86. The monoisotopic (exact) mass is 252 g/mol. The number of thioether (sulfide) groups is 1. The van der Waals surface area contributed by atoms with Crippen molar-refractivity contribution < 1.29 is 0 Å². The molecular formula is C12H13ClN2S. The molecule has 1 heterocycles. The number of nitrogens with zero attached hydrogens (tertiary/aromatic N) is 2. The third kappa shape index (κ3) is 2.45. The highest BCUT2D eigenvalue weighted by Gasteiger charge is 2.18. The van der Waals surface area contributed by atoms with Crippen LogP contribution in [0.2, 0.25) is 5.02 Å². The molecule has 0 aliphatic carbocycles. The molecule has 0 saturated carbocycles. The van der Waals surface area contributed by atoms with Gasteiger partial charge in [0.25, 0.3) is 0 Å². The number of nitriles is 1. The standard InChI is InChI=1S/C12H13ClN2S/c1-9-8-15(4-5-16-9)12-3-2-10(7-14)6-11(12)13/h2-3,6,9H,4-5,8H2,1H3. The molecule has 1 aromatic rings. The molecule has 1 aliphatic rings. The molecule has 2 rings (SSSR count). The van der Waals surface area contributed by atoms with E-state index in [0.717, 1.165) is 24.5 Å². The second-order valence-electron chi connectivity index (χ2n) is 3.91. The summed E-state index contributed by atoms with van der Waals surface area (Å²) in [7, 11) is 0. The number of benzene rings is 1. The highest BCUT2D eigenvalue weighted by atomic mass is 35.5. The molecule has 0 bridgehead atoms.